The summed E-state index contributed by atoms with van der Waals surface area (Å²) in [5, 5.41) is 2.92. The Morgan fingerprint density at radius 2 is 1.58 bits per heavy atom. The molecule has 0 aliphatic carbocycles. The highest BCUT2D eigenvalue weighted by atomic mass is 16.5. The van der Waals surface area contributed by atoms with Crippen LogP contribution in [0, 0.1) is 0 Å². The van der Waals surface area contributed by atoms with Crippen molar-refractivity contribution in [3.8, 4) is 17.2 Å². The maximum atomic E-state index is 12.3. The van der Waals surface area contributed by atoms with E-state index >= 15 is 0 Å². The summed E-state index contributed by atoms with van der Waals surface area (Å²) in [6, 6.07) is 12.9. The topological polar surface area (TPSA) is 56.8 Å². The van der Waals surface area contributed by atoms with Crippen LogP contribution in [0.5, 0.6) is 17.2 Å². The molecule has 2 rings (SSSR count). The van der Waals surface area contributed by atoms with Crippen molar-refractivity contribution in [2.45, 2.75) is 33.7 Å². The first-order valence-electron chi connectivity index (χ1n) is 9.07. The molecule has 5 nitrogen and oxygen atoms in total. The second-order valence-electron chi connectivity index (χ2n) is 5.70. The highest BCUT2D eigenvalue weighted by Crippen LogP contribution is 2.28. The predicted octanol–water partition coefficient (Wildman–Crippen LogP) is 4.20. The van der Waals surface area contributed by atoms with E-state index in [-0.39, 0.29) is 5.91 Å². The average Bonchev–Trinajstić information content (AvgIpc) is 2.67. The van der Waals surface area contributed by atoms with Gasteiger partial charge in [0.25, 0.3) is 5.91 Å². The van der Waals surface area contributed by atoms with E-state index in [1.807, 2.05) is 44.2 Å². The first-order valence-corrected chi connectivity index (χ1v) is 9.07. The summed E-state index contributed by atoms with van der Waals surface area (Å²) in [7, 11) is 0. The molecular weight excluding hydrogens is 330 g/mol. The van der Waals surface area contributed by atoms with Crippen molar-refractivity contribution < 1.29 is 19.0 Å². The fraction of sp³-hybridized carbons (Fsp3) is 0.381. The minimum atomic E-state index is -0.126. The average molecular weight is 357 g/mol. The Hall–Kier alpha value is -2.69. The van der Waals surface area contributed by atoms with Crippen LogP contribution in [-0.2, 0) is 6.54 Å². The van der Waals surface area contributed by atoms with Gasteiger partial charge >= 0.3 is 0 Å². The number of hydrogen-bond acceptors (Lipinski definition) is 4. The van der Waals surface area contributed by atoms with Crippen LogP contribution in [-0.4, -0.2) is 25.7 Å². The van der Waals surface area contributed by atoms with E-state index < -0.39 is 0 Å². The number of benzene rings is 2. The van der Waals surface area contributed by atoms with Gasteiger partial charge in [-0.15, -0.1) is 0 Å². The molecule has 0 aliphatic heterocycles. The summed E-state index contributed by atoms with van der Waals surface area (Å²) in [4.78, 5) is 12.3. The Balaban J connectivity index is 1.96. The standard InChI is InChI=1S/C21H27NO4/c1-4-13-26-18-10-8-17(9-11-18)21(23)22-15-16-7-12-19(24-5-2)20(14-16)25-6-3/h7-12,14H,4-6,13,15H2,1-3H3,(H,22,23). The third-order valence-electron chi connectivity index (χ3n) is 3.65. The van der Waals surface area contributed by atoms with Crippen molar-refractivity contribution in [3.63, 3.8) is 0 Å². The van der Waals surface area contributed by atoms with Crippen LogP contribution < -0.4 is 19.5 Å². The quantitative estimate of drug-likeness (QED) is 0.692. The molecule has 0 radical (unpaired) electrons. The van der Waals surface area contributed by atoms with Gasteiger partial charge in [-0.05, 0) is 62.2 Å². The molecule has 0 saturated heterocycles. The van der Waals surface area contributed by atoms with Crippen molar-refractivity contribution in [2.75, 3.05) is 19.8 Å². The molecule has 140 valence electrons. The third-order valence-corrected chi connectivity index (χ3v) is 3.65. The van der Waals surface area contributed by atoms with Gasteiger partial charge in [0.15, 0.2) is 11.5 Å². The van der Waals surface area contributed by atoms with Gasteiger partial charge < -0.3 is 19.5 Å². The molecule has 0 spiro atoms. The number of nitrogens with one attached hydrogen (secondary N) is 1. The number of amides is 1. The van der Waals surface area contributed by atoms with E-state index in [2.05, 4.69) is 12.2 Å². The van der Waals surface area contributed by atoms with Crippen molar-refractivity contribution >= 4 is 5.91 Å². The van der Waals surface area contributed by atoms with Gasteiger partial charge in [-0.1, -0.05) is 13.0 Å². The van der Waals surface area contributed by atoms with Gasteiger partial charge in [-0.3, -0.25) is 4.79 Å². The molecule has 0 aromatic heterocycles. The van der Waals surface area contributed by atoms with E-state index in [4.69, 9.17) is 14.2 Å². The highest BCUT2D eigenvalue weighted by Gasteiger charge is 2.09. The lowest BCUT2D eigenvalue weighted by Crippen LogP contribution is -2.22. The maximum Gasteiger partial charge on any atom is 0.251 e. The molecule has 1 amide bonds. The van der Waals surface area contributed by atoms with Crippen LogP contribution in [0.4, 0.5) is 0 Å². The van der Waals surface area contributed by atoms with Gasteiger partial charge in [0.1, 0.15) is 5.75 Å². The Bertz CT molecular complexity index is 698. The van der Waals surface area contributed by atoms with E-state index in [0.717, 1.165) is 17.7 Å². The summed E-state index contributed by atoms with van der Waals surface area (Å²) in [5.74, 6) is 2.06. The van der Waals surface area contributed by atoms with Crippen molar-refractivity contribution in [2.24, 2.45) is 0 Å². The molecule has 2 aromatic carbocycles. The second-order valence-corrected chi connectivity index (χ2v) is 5.70. The van der Waals surface area contributed by atoms with Crippen LogP contribution >= 0.6 is 0 Å². The maximum absolute atomic E-state index is 12.3. The van der Waals surface area contributed by atoms with Crippen molar-refractivity contribution in [3.05, 3.63) is 53.6 Å². The lowest BCUT2D eigenvalue weighted by molar-refractivity contribution is 0.0951. The summed E-state index contributed by atoms with van der Waals surface area (Å²) in [5.41, 5.74) is 1.55. The Kier molecular flexibility index (Phi) is 7.80. The Labute approximate surface area is 155 Å². The second kappa shape index (κ2) is 10.3. The fourth-order valence-electron chi connectivity index (χ4n) is 2.41. The lowest BCUT2D eigenvalue weighted by atomic mass is 10.1. The summed E-state index contributed by atoms with van der Waals surface area (Å²) in [6.07, 6.45) is 0.952. The summed E-state index contributed by atoms with van der Waals surface area (Å²) in [6.45, 7) is 8.14. The minimum absolute atomic E-state index is 0.126. The molecule has 0 fully saturated rings. The van der Waals surface area contributed by atoms with Gasteiger partial charge in [-0.25, -0.2) is 0 Å². The predicted molar refractivity (Wildman–Crippen MR) is 102 cm³/mol. The molecule has 1 N–H and O–H groups in total. The van der Waals surface area contributed by atoms with Crippen molar-refractivity contribution in [1.29, 1.82) is 0 Å². The van der Waals surface area contributed by atoms with E-state index in [9.17, 15) is 4.79 Å². The molecule has 0 heterocycles. The zero-order chi connectivity index (χ0) is 18.8. The monoisotopic (exact) mass is 357 g/mol. The Morgan fingerprint density at radius 1 is 0.885 bits per heavy atom. The number of carbonyl (C=O) groups is 1. The Morgan fingerprint density at radius 3 is 2.23 bits per heavy atom. The minimum Gasteiger partial charge on any atom is -0.494 e. The number of carbonyl (C=O) groups excluding carboxylic acids is 1. The molecule has 0 unspecified atom stereocenters. The van der Waals surface area contributed by atoms with Gasteiger partial charge in [0, 0.05) is 12.1 Å². The van der Waals surface area contributed by atoms with Crippen LogP contribution in [0.15, 0.2) is 42.5 Å². The van der Waals surface area contributed by atoms with Crippen LogP contribution in [0.1, 0.15) is 43.1 Å². The highest BCUT2D eigenvalue weighted by molar-refractivity contribution is 5.94. The molecule has 5 heteroatoms. The van der Waals surface area contributed by atoms with Crippen LogP contribution in [0.2, 0.25) is 0 Å². The SMILES string of the molecule is CCCOc1ccc(C(=O)NCc2ccc(OCC)c(OCC)c2)cc1. The molecule has 2 aromatic rings. The zero-order valence-electron chi connectivity index (χ0n) is 15.7. The number of rotatable bonds is 10. The lowest BCUT2D eigenvalue weighted by Gasteiger charge is -2.13. The molecule has 0 aliphatic rings. The molecular formula is C21H27NO4. The smallest absolute Gasteiger partial charge is 0.251 e. The fourth-order valence-corrected chi connectivity index (χ4v) is 2.41. The van der Waals surface area contributed by atoms with Gasteiger partial charge in [0.05, 0.1) is 19.8 Å². The summed E-state index contributed by atoms with van der Waals surface area (Å²) < 4.78 is 16.7. The van der Waals surface area contributed by atoms with Gasteiger partial charge in [-0.2, -0.15) is 0 Å². The number of hydrogen-bond donors (Lipinski definition) is 1. The number of ether oxygens (including phenoxy) is 3. The molecule has 0 atom stereocenters. The van der Waals surface area contributed by atoms with Crippen LogP contribution in [0.25, 0.3) is 0 Å². The van der Waals surface area contributed by atoms with E-state index in [0.29, 0.717) is 43.4 Å². The zero-order valence-corrected chi connectivity index (χ0v) is 15.7. The first-order chi connectivity index (χ1) is 12.7. The molecule has 0 saturated carbocycles. The molecule has 0 bridgehead atoms. The normalized spacial score (nSPS) is 10.3. The summed E-state index contributed by atoms with van der Waals surface area (Å²) >= 11 is 0. The van der Waals surface area contributed by atoms with E-state index in [1.165, 1.54) is 0 Å². The first kappa shape index (κ1) is 19.6. The van der Waals surface area contributed by atoms with Gasteiger partial charge in [0.2, 0.25) is 0 Å². The van der Waals surface area contributed by atoms with Crippen LogP contribution in [0.3, 0.4) is 0 Å². The largest absolute Gasteiger partial charge is 0.494 e. The third kappa shape index (κ3) is 5.69. The van der Waals surface area contributed by atoms with Crippen molar-refractivity contribution in [1.82, 2.24) is 5.32 Å². The van der Waals surface area contributed by atoms with E-state index in [1.54, 1.807) is 12.1 Å². The molecule has 26 heavy (non-hydrogen) atoms.